The maximum Gasteiger partial charge on any atom is 0.250 e. The highest BCUT2D eigenvalue weighted by Gasteiger charge is 2.53. The minimum Gasteiger partial charge on any atom is -0.362 e. The van der Waals surface area contributed by atoms with Gasteiger partial charge in [0.2, 0.25) is 0 Å². The molecule has 0 saturated carbocycles. The predicted octanol–water partition coefficient (Wildman–Crippen LogP) is 4.78. The first-order valence-corrected chi connectivity index (χ1v) is 11.6. The molecule has 0 radical (unpaired) electrons. The summed E-state index contributed by atoms with van der Waals surface area (Å²) in [6.07, 6.45) is 7.06. The maximum atomic E-state index is 13.5. The van der Waals surface area contributed by atoms with Crippen molar-refractivity contribution in [3.63, 3.8) is 0 Å². The quantitative estimate of drug-likeness (QED) is 0.714. The van der Waals surface area contributed by atoms with E-state index in [1.165, 1.54) is 0 Å². The van der Waals surface area contributed by atoms with Crippen LogP contribution in [0.3, 0.4) is 0 Å². The molecule has 3 aliphatic heterocycles. The van der Waals surface area contributed by atoms with Gasteiger partial charge in [0.15, 0.2) is 6.17 Å². The van der Waals surface area contributed by atoms with Crippen molar-refractivity contribution in [2.75, 3.05) is 0 Å². The van der Waals surface area contributed by atoms with Gasteiger partial charge in [-0.05, 0) is 58.2 Å². The number of azo groups is 1. The molecule has 1 amide bonds. The molecule has 2 N–H and O–H groups in total. The van der Waals surface area contributed by atoms with Crippen LogP contribution in [0, 0.1) is 0 Å². The second kappa shape index (κ2) is 7.14. The van der Waals surface area contributed by atoms with Gasteiger partial charge >= 0.3 is 0 Å². The van der Waals surface area contributed by atoms with Crippen LogP contribution in [0.2, 0.25) is 0 Å². The van der Waals surface area contributed by atoms with Gasteiger partial charge in [0.05, 0.1) is 28.9 Å². The number of nitrogens with zero attached hydrogens (tertiary/aromatic N) is 4. The molecule has 4 heterocycles. The molecule has 5 rings (SSSR count). The molecule has 7 heteroatoms. The number of amides is 1. The third-order valence-electron chi connectivity index (χ3n) is 6.99. The molecule has 2 atom stereocenters. The number of aromatic nitrogens is 2. The van der Waals surface area contributed by atoms with Gasteiger partial charge in [0.25, 0.3) is 5.91 Å². The summed E-state index contributed by atoms with van der Waals surface area (Å²) in [5.41, 5.74) is 5.01. The number of fused-ring (bicyclic) bond motifs is 1. The highest BCUT2D eigenvalue weighted by molar-refractivity contribution is 6.00. The van der Waals surface area contributed by atoms with E-state index in [0.29, 0.717) is 0 Å². The lowest BCUT2D eigenvalue weighted by Gasteiger charge is -2.48. The number of hydrogen-bond donors (Lipinski definition) is 2. The van der Waals surface area contributed by atoms with E-state index in [1.807, 2.05) is 17.1 Å². The third-order valence-corrected chi connectivity index (χ3v) is 6.99. The van der Waals surface area contributed by atoms with Crippen molar-refractivity contribution in [2.45, 2.75) is 77.0 Å². The molecule has 2 aromatic rings. The van der Waals surface area contributed by atoms with Crippen LogP contribution in [0.15, 0.2) is 69.9 Å². The van der Waals surface area contributed by atoms with Gasteiger partial charge < -0.3 is 10.6 Å². The Balaban J connectivity index is 1.68. The van der Waals surface area contributed by atoms with Crippen molar-refractivity contribution in [3.05, 3.63) is 65.3 Å². The van der Waals surface area contributed by atoms with Crippen LogP contribution in [0.1, 0.15) is 59.9 Å². The lowest BCUT2D eigenvalue weighted by molar-refractivity contribution is -0.120. The normalized spacial score (nSPS) is 25.8. The Morgan fingerprint density at radius 3 is 2.70 bits per heavy atom. The van der Waals surface area contributed by atoms with E-state index in [2.05, 4.69) is 98.0 Å². The summed E-state index contributed by atoms with van der Waals surface area (Å²) in [5.74, 6) is -0.0206. The summed E-state index contributed by atoms with van der Waals surface area (Å²) in [6, 6.07) is 8.50. The van der Waals surface area contributed by atoms with E-state index < -0.39 is 5.41 Å². The van der Waals surface area contributed by atoms with Gasteiger partial charge in [0, 0.05) is 35.0 Å². The molecule has 7 nitrogen and oxygen atoms in total. The summed E-state index contributed by atoms with van der Waals surface area (Å²) in [5, 5.41) is 20.0. The van der Waals surface area contributed by atoms with E-state index in [-0.39, 0.29) is 23.2 Å². The first kappa shape index (κ1) is 21.6. The molecule has 0 bridgehead atoms. The average Bonchev–Trinajstić information content (AvgIpc) is 3.41. The molecule has 0 fully saturated rings. The van der Waals surface area contributed by atoms with Crippen LogP contribution >= 0.6 is 0 Å². The molecule has 1 aromatic heterocycles. The largest absolute Gasteiger partial charge is 0.362 e. The van der Waals surface area contributed by atoms with E-state index in [4.69, 9.17) is 0 Å². The minimum atomic E-state index is -0.592. The standard InChI is InChI=1S/C26H32N6O/c1-7-26(18-10-8-9-16(11-18)17-13-28-32(15-17)24(2,3)4)19-14-27-31-22(19)29-20-12-25(5,6)30-23(33)21(20)26/h8-11,13-15,22,29H,7,12H2,1-6H3,(H,30,33)/t22?,26-/m0/s1. The number of rotatable bonds is 3. The molecule has 33 heavy (non-hydrogen) atoms. The Labute approximate surface area is 195 Å². The second-order valence-corrected chi connectivity index (χ2v) is 10.9. The number of carbonyl (C=O) groups is 1. The highest BCUT2D eigenvalue weighted by atomic mass is 16.2. The first-order chi connectivity index (χ1) is 15.5. The topological polar surface area (TPSA) is 83.7 Å². The zero-order valence-corrected chi connectivity index (χ0v) is 20.2. The smallest absolute Gasteiger partial charge is 0.250 e. The van der Waals surface area contributed by atoms with Crippen molar-refractivity contribution in [2.24, 2.45) is 10.2 Å². The number of hydrogen-bond acceptors (Lipinski definition) is 5. The Kier molecular flexibility index (Phi) is 4.68. The molecule has 1 unspecified atom stereocenters. The highest BCUT2D eigenvalue weighted by Crippen LogP contribution is 2.51. The van der Waals surface area contributed by atoms with Crippen molar-refractivity contribution in [1.82, 2.24) is 20.4 Å². The van der Waals surface area contributed by atoms with Gasteiger partial charge in [-0.25, -0.2) is 0 Å². The van der Waals surface area contributed by atoms with Crippen LogP contribution < -0.4 is 10.6 Å². The Morgan fingerprint density at radius 2 is 2.00 bits per heavy atom. The zero-order chi connectivity index (χ0) is 23.6. The summed E-state index contributed by atoms with van der Waals surface area (Å²) < 4.78 is 1.99. The Morgan fingerprint density at radius 1 is 1.21 bits per heavy atom. The summed E-state index contributed by atoms with van der Waals surface area (Å²) in [7, 11) is 0. The van der Waals surface area contributed by atoms with Gasteiger partial charge in [0.1, 0.15) is 0 Å². The molecule has 0 spiro atoms. The number of carbonyl (C=O) groups excluding carboxylic acids is 1. The fourth-order valence-electron chi connectivity index (χ4n) is 5.41. The average molecular weight is 445 g/mol. The van der Waals surface area contributed by atoms with E-state index in [0.717, 1.165) is 46.4 Å². The fraction of sp³-hybridized carbons (Fsp3) is 0.462. The summed E-state index contributed by atoms with van der Waals surface area (Å²) in [4.78, 5) is 13.5. The van der Waals surface area contributed by atoms with Crippen LogP contribution in [-0.2, 0) is 15.7 Å². The summed E-state index contributed by atoms with van der Waals surface area (Å²) in [6.45, 7) is 12.7. The number of nitrogens with one attached hydrogen (secondary N) is 2. The third kappa shape index (κ3) is 3.33. The van der Waals surface area contributed by atoms with Gasteiger partial charge in [-0.2, -0.15) is 15.3 Å². The SMILES string of the molecule is CC[C@]1(c2cccc(-c3cnn(C(C)(C)C)c3)c2)C2=CN=NC2NC2=C1C(=O)NC(C)(C)C2. The van der Waals surface area contributed by atoms with E-state index >= 15 is 0 Å². The lowest BCUT2D eigenvalue weighted by atomic mass is 9.62. The molecule has 0 saturated heterocycles. The van der Waals surface area contributed by atoms with Gasteiger partial charge in [-0.3, -0.25) is 9.48 Å². The second-order valence-electron chi connectivity index (χ2n) is 10.9. The van der Waals surface area contributed by atoms with Gasteiger partial charge in [-0.15, -0.1) is 0 Å². The van der Waals surface area contributed by atoms with Gasteiger partial charge in [-0.1, -0.05) is 25.1 Å². The first-order valence-electron chi connectivity index (χ1n) is 11.6. The van der Waals surface area contributed by atoms with Crippen LogP contribution in [-0.4, -0.2) is 27.4 Å². The predicted molar refractivity (Wildman–Crippen MR) is 128 cm³/mol. The van der Waals surface area contributed by atoms with Crippen LogP contribution in [0.5, 0.6) is 0 Å². The number of benzene rings is 1. The summed E-state index contributed by atoms with van der Waals surface area (Å²) >= 11 is 0. The van der Waals surface area contributed by atoms with Crippen molar-refractivity contribution >= 4 is 5.91 Å². The molecule has 0 aliphatic carbocycles. The molecular formula is C26H32N6O. The minimum absolute atomic E-state index is 0.0206. The maximum absolute atomic E-state index is 13.5. The van der Waals surface area contributed by atoms with Crippen molar-refractivity contribution in [3.8, 4) is 11.1 Å². The van der Waals surface area contributed by atoms with Crippen LogP contribution in [0.4, 0.5) is 0 Å². The lowest BCUT2D eigenvalue weighted by Crippen LogP contribution is -2.58. The molecule has 172 valence electrons. The molecular weight excluding hydrogens is 412 g/mol. The van der Waals surface area contributed by atoms with Crippen LogP contribution in [0.25, 0.3) is 11.1 Å². The van der Waals surface area contributed by atoms with E-state index in [1.54, 1.807) is 0 Å². The monoisotopic (exact) mass is 444 g/mol. The molecule has 3 aliphatic rings. The van der Waals surface area contributed by atoms with Crippen molar-refractivity contribution in [1.29, 1.82) is 0 Å². The zero-order valence-electron chi connectivity index (χ0n) is 20.2. The fourth-order valence-corrected chi connectivity index (χ4v) is 5.41. The molecule has 1 aromatic carbocycles. The van der Waals surface area contributed by atoms with E-state index in [9.17, 15) is 4.79 Å². The Bertz CT molecular complexity index is 1230. The Hall–Kier alpha value is -3.22. The van der Waals surface area contributed by atoms with Crippen molar-refractivity contribution < 1.29 is 4.79 Å².